The summed E-state index contributed by atoms with van der Waals surface area (Å²) in [5.74, 6) is 0.833. The molecule has 4 nitrogen and oxygen atoms in total. The zero-order valence-corrected chi connectivity index (χ0v) is 9.65. The van der Waals surface area contributed by atoms with E-state index in [2.05, 4.69) is 5.32 Å². The Bertz CT molecular complexity index is 305. The summed E-state index contributed by atoms with van der Waals surface area (Å²) in [5, 5.41) is 12.0. The lowest BCUT2D eigenvalue weighted by molar-refractivity contribution is 0.283. The summed E-state index contributed by atoms with van der Waals surface area (Å²) in [7, 11) is 1.65. The zero-order chi connectivity index (χ0) is 11.8. The molecule has 0 saturated carbocycles. The highest BCUT2D eigenvalue weighted by Gasteiger charge is 2.08. The van der Waals surface area contributed by atoms with Crippen molar-refractivity contribution in [1.82, 2.24) is 5.32 Å². The van der Waals surface area contributed by atoms with Crippen LogP contribution in [0, 0.1) is 0 Å². The van der Waals surface area contributed by atoms with Crippen molar-refractivity contribution in [1.29, 1.82) is 0 Å². The summed E-state index contributed by atoms with van der Waals surface area (Å²) < 4.78 is 5.17. The van der Waals surface area contributed by atoms with Crippen molar-refractivity contribution in [3.8, 4) is 5.75 Å². The summed E-state index contributed by atoms with van der Waals surface area (Å²) in [6, 6.07) is 7.96. The van der Waals surface area contributed by atoms with Gasteiger partial charge < -0.3 is 20.9 Å². The molecule has 0 aliphatic heterocycles. The molecule has 0 spiro atoms. The number of hydrogen-bond acceptors (Lipinski definition) is 4. The van der Waals surface area contributed by atoms with Gasteiger partial charge in [-0.3, -0.25) is 0 Å². The van der Waals surface area contributed by atoms with Crippen LogP contribution in [-0.4, -0.2) is 31.9 Å². The molecule has 1 rings (SSSR count). The maximum Gasteiger partial charge on any atom is 0.119 e. The molecule has 4 heteroatoms. The lowest BCUT2D eigenvalue weighted by atomic mass is 10.1. The molecule has 4 N–H and O–H groups in total. The van der Waals surface area contributed by atoms with Crippen LogP contribution in [0.3, 0.4) is 0 Å². The minimum Gasteiger partial charge on any atom is -0.497 e. The number of methoxy groups -OCH3 is 1. The van der Waals surface area contributed by atoms with E-state index in [1.54, 1.807) is 7.11 Å². The highest BCUT2D eigenvalue weighted by atomic mass is 16.5. The van der Waals surface area contributed by atoms with Crippen LogP contribution < -0.4 is 15.8 Å². The van der Waals surface area contributed by atoms with E-state index >= 15 is 0 Å². The predicted octanol–water partition coefficient (Wildman–Crippen LogP) is 0.667. The number of ether oxygens (including phenoxy) is 1. The average Bonchev–Trinajstić information content (AvgIpc) is 2.35. The Labute approximate surface area is 96.4 Å². The second kappa shape index (κ2) is 7.22. The van der Waals surface area contributed by atoms with E-state index in [1.807, 2.05) is 24.3 Å². The third kappa shape index (κ3) is 3.81. The molecule has 0 aliphatic carbocycles. The summed E-state index contributed by atoms with van der Waals surface area (Å²) in [6.45, 7) is 1.48. The second-order valence-electron chi connectivity index (χ2n) is 3.60. The molecular formula is C12H20N2O2. The molecule has 0 aliphatic rings. The fourth-order valence-corrected chi connectivity index (χ4v) is 1.55. The number of nitrogens with one attached hydrogen (secondary N) is 1. The Balaban J connectivity index is 2.62. The maximum atomic E-state index is 8.71. The van der Waals surface area contributed by atoms with Gasteiger partial charge in [0.1, 0.15) is 5.75 Å². The van der Waals surface area contributed by atoms with Gasteiger partial charge in [0.25, 0.3) is 0 Å². The number of aliphatic hydroxyl groups is 1. The quantitative estimate of drug-likeness (QED) is 0.595. The van der Waals surface area contributed by atoms with Crippen LogP contribution in [0.2, 0.25) is 0 Å². The third-order valence-electron chi connectivity index (χ3n) is 2.46. The first-order valence-electron chi connectivity index (χ1n) is 5.50. The summed E-state index contributed by atoms with van der Waals surface area (Å²) in [4.78, 5) is 0. The highest BCUT2D eigenvalue weighted by Crippen LogP contribution is 2.18. The predicted molar refractivity (Wildman–Crippen MR) is 64.5 cm³/mol. The second-order valence-corrected chi connectivity index (χ2v) is 3.60. The van der Waals surface area contributed by atoms with E-state index < -0.39 is 0 Å². The monoisotopic (exact) mass is 224 g/mol. The molecule has 0 bridgehead atoms. The largest absolute Gasteiger partial charge is 0.497 e. The molecule has 1 aromatic carbocycles. The van der Waals surface area contributed by atoms with Gasteiger partial charge in [-0.1, -0.05) is 12.1 Å². The number of nitrogens with two attached hydrogens (primary N) is 1. The van der Waals surface area contributed by atoms with Gasteiger partial charge in [-0.15, -0.1) is 0 Å². The molecule has 0 aromatic heterocycles. The Morgan fingerprint density at radius 1 is 1.50 bits per heavy atom. The van der Waals surface area contributed by atoms with E-state index in [0.717, 1.165) is 24.3 Å². The molecule has 90 valence electrons. The first-order valence-corrected chi connectivity index (χ1v) is 5.50. The first kappa shape index (κ1) is 13.0. The number of hydrogen-bond donors (Lipinski definition) is 3. The SMILES string of the molecule is COc1cccc(C(CN)NCCCO)c1. The van der Waals surface area contributed by atoms with Crippen molar-refractivity contribution < 1.29 is 9.84 Å². The van der Waals surface area contributed by atoms with Crippen LogP contribution in [0.4, 0.5) is 0 Å². The van der Waals surface area contributed by atoms with Crippen LogP contribution in [0.5, 0.6) is 5.75 Å². The van der Waals surface area contributed by atoms with Crippen molar-refractivity contribution in [3.63, 3.8) is 0 Å². The fraction of sp³-hybridized carbons (Fsp3) is 0.500. The van der Waals surface area contributed by atoms with E-state index in [1.165, 1.54) is 0 Å². The lowest BCUT2D eigenvalue weighted by Gasteiger charge is -2.17. The number of rotatable bonds is 7. The topological polar surface area (TPSA) is 67.5 Å². The first-order chi connectivity index (χ1) is 7.81. The number of aliphatic hydroxyl groups excluding tert-OH is 1. The maximum absolute atomic E-state index is 8.71. The molecule has 0 heterocycles. The molecular weight excluding hydrogens is 204 g/mol. The van der Waals surface area contributed by atoms with E-state index in [0.29, 0.717) is 6.54 Å². The van der Waals surface area contributed by atoms with Crippen LogP contribution in [-0.2, 0) is 0 Å². The van der Waals surface area contributed by atoms with Gasteiger partial charge in [0.15, 0.2) is 0 Å². The van der Waals surface area contributed by atoms with Crippen molar-refractivity contribution >= 4 is 0 Å². The molecule has 1 aromatic rings. The van der Waals surface area contributed by atoms with Crippen LogP contribution in [0.25, 0.3) is 0 Å². The summed E-state index contributed by atoms with van der Waals surface area (Å²) >= 11 is 0. The fourth-order valence-electron chi connectivity index (χ4n) is 1.55. The van der Waals surface area contributed by atoms with Crippen LogP contribution in [0.1, 0.15) is 18.0 Å². The molecule has 0 radical (unpaired) electrons. The molecule has 16 heavy (non-hydrogen) atoms. The van der Waals surface area contributed by atoms with Crippen LogP contribution in [0.15, 0.2) is 24.3 Å². The smallest absolute Gasteiger partial charge is 0.119 e. The summed E-state index contributed by atoms with van der Waals surface area (Å²) in [5.41, 5.74) is 6.82. The zero-order valence-electron chi connectivity index (χ0n) is 9.65. The Kier molecular flexibility index (Phi) is 5.85. The normalized spacial score (nSPS) is 12.4. The van der Waals surface area contributed by atoms with Crippen molar-refractivity contribution in [2.45, 2.75) is 12.5 Å². The van der Waals surface area contributed by atoms with Gasteiger partial charge in [0, 0.05) is 19.2 Å². The van der Waals surface area contributed by atoms with Crippen LogP contribution >= 0.6 is 0 Å². The van der Waals surface area contributed by atoms with Crippen molar-refractivity contribution in [2.24, 2.45) is 5.73 Å². The molecule has 1 atom stereocenters. The minimum absolute atomic E-state index is 0.113. The Morgan fingerprint density at radius 2 is 2.31 bits per heavy atom. The van der Waals surface area contributed by atoms with Gasteiger partial charge in [-0.2, -0.15) is 0 Å². The van der Waals surface area contributed by atoms with Gasteiger partial charge in [-0.05, 0) is 30.7 Å². The number of benzene rings is 1. The van der Waals surface area contributed by atoms with Gasteiger partial charge in [0.2, 0.25) is 0 Å². The van der Waals surface area contributed by atoms with E-state index in [4.69, 9.17) is 15.6 Å². The van der Waals surface area contributed by atoms with Gasteiger partial charge in [0.05, 0.1) is 7.11 Å². The highest BCUT2D eigenvalue weighted by molar-refractivity contribution is 5.30. The van der Waals surface area contributed by atoms with Gasteiger partial charge >= 0.3 is 0 Å². The van der Waals surface area contributed by atoms with E-state index in [-0.39, 0.29) is 12.6 Å². The molecule has 0 fully saturated rings. The summed E-state index contributed by atoms with van der Waals surface area (Å²) in [6.07, 6.45) is 0.737. The Morgan fingerprint density at radius 3 is 2.94 bits per heavy atom. The molecule has 0 saturated heterocycles. The molecule has 0 amide bonds. The van der Waals surface area contributed by atoms with E-state index in [9.17, 15) is 0 Å². The third-order valence-corrected chi connectivity index (χ3v) is 2.46. The lowest BCUT2D eigenvalue weighted by Crippen LogP contribution is -2.29. The molecule has 1 unspecified atom stereocenters. The standard InChI is InChI=1S/C12H20N2O2/c1-16-11-5-2-4-10(8-11)12(9-13)14-6-3-7-15/h2,4-5,8,12,14-15H,3,6-7,9,13H2,1H3. The van der Waals surface area contributed by atoms with Crippen molar-refractivity contribution in [3.05, 3.63) is 29.8 Å². The minimum atomic E-state index is 0.113. The Hall–Kier alpha value is -1.10. The van der Waals surface area contributed by atoms with Gasteiger partial charge in [-0.25, -0.2) is 0 Å². The van der Waals surface area contributed by atoms with Crippen molar-refractivity contribution in [2.75, 3.05) is 26.8 Å². The average molecular weight is 224 g/mol.